The van der Waals surface area contributed by atoms with Gasteiger partial charge in [0.25, 0.3) is 0 Å². The predicted molar refractivity (Wildman–Crippen MR) is 102 cm³/mol. The third-order valence-corrected chi connectivity index (χ3v) is 5.37. The molecule has 2 rings (SSSR count). The van der Waals surface area contributed by atoms with Gasteiger partial charge in [-0.2, -0.15) is 0 Å². The molecular formula is C17H20BrN3O3S. The van der Waals surface area contributed by atoms with Gasteiger partial charge < -0.3 is 5.32 Å². The molecule has 4 N–H and O–H groups in total. The van der Waals surface area contributed by atoms with Gasteiger partial charge in [0.2, 0.25) is 15.9 Å². The van der Waals surface area contributed by atoms with E-state index in [4.69, 9.17) is 5.14 Å². The summed E-state index contributed by atoms with van der Waals surface area (Å²) in [5.41, 5.74) is 1.55. The molecule has 6 nitrogen and oxygen atoms in total. The van der Waals surface area contributed by atoms with E-state index in [0.717, 1.165) is 10.0 Å². The fourth-order valence-electron chi connectivity index (χ4n) is 2.35. The summed E-state index contributed by atoms with van der Waals surface area (Å²) < 4.78 is 23.4. The lowest BCUT2D eigenvalue weighted by atomic mass is 10.1. The minimum atomic E-state index is -3.74. The number of carbonyl (C=O) groups excluding carboxylic acids is 1. The number of nitrogens with one attached hydrogen (secondary N) is 2. The van der Waals surface area contributed by atoms with E-state index in [0.29, 0.717) is 5.69 Å². The van der Waals surface area contributed by atoms with E-state index in [-0.39, 0.29) is 16.8 Å². The van der Waals surface area contributed by atoms with Crippen LogP contribution in [0.4, 0.5) is 5.69 Å². The van der Waals surface area contributed by atoms with Gasteiger partial charge in [0.15, 0.2) is 0 Å². The molecule has 1 amide bonds. The Kier molecular flexibility index (Phi) is 6.34. The molecule has 0 aliphatic carbocycles. The van der Waals surface area contributed by atoms with Crippen LogP contribution in [0.1, 0.15) is 25.5 Å². The lowest BCUT2D eigenvalue weighted by molar-refractivity contribution is -0.117. The number of rotatable bonds is 6. The molecule has 0 saturated carbocycles. The number of hydrogen-bond acceptors (Lipinski definition) is 4. The highest BCUT2D eigenvalue weighted by Crippen LogP contribution is 2.23. The quantitative estimate of drug-likeness (QED) is 0.661. The molecule has 0 radical (unpaired) electrons. The van der Waals surface area contributed by atoms with Crippen LogP contribution in [-0.2, 0) is 14.8 Å². The maximum atomic E-state index is 12.3. The summed E-state index contributed by atoms with van der Waals surface area (Å²) >= 11 is 3.50. The van der Waals surface area contributed by atoms with Crippen LogP contribution in [0.5, 0.6) is 0 Å². The molecule has 0 aliphatic heterocycles. The highest BCUT2D eigenvalue weighted by molar-refractivity contribution is 9.10. The van der Waals surface area contributed by atoms with Crippen molar-refractivity contribution in [2.45, 2.75) is 30.8 Å². The van der Waals surface area contributed by atoms with Crippen molar-refractivity contribution in [1.29, 1.82) is 0 Å². The summed E-state index contributed by atoms with van der Waals surface area (Å²) in [6.45, 7) is 3.74. The Morgan fingerprint density at radius 2 is 1.68 bits per heavy atom. The molecule has 134 valence electrons. The van der Waals surface area contributed by atoms with Crippen molar-refractivity contribution < 1.29 is 13.2 Å². The van der Waals surface area contributed by atoms with Crippen molar-refractivity contribution in [3.8, 4) is 0 Å². The van der Waals surface area contributed by atoms with Crippen molar-refractivity contribution in [2.75, 3.05) is 5.32 Å². The van der Waals surface area contributed by atoms with Gasteiger partial charge >= 0.3 is 0 Å². The normalized spacial score (nSPS) is 13.9. The zero-order chi connectivity index (χ0) is 18.6. The summed E-state index contributed by atoms with van der Waals surface area (Å²) in [5, 5.41) is 11.0. The number of primary sulfonamides is 1. The first kappa shape index (κ1) is 19.6. The molecule has 2 aromatic rings. The molecule has 2 atom stereocenters. The Balaban J connectivity index is 1.99. The van der Waals surface area contributed by atoms with E-state index >= 15 is 0 Å². The number of sulfonamides is 1. The van der Waals surface area contributed by atoms with Gasteiger partial charge in [-0.05, 0) is 49.7 Å². The summed E-state index contributed by atoms with van der Waals surface area (Å²) in [4.78, 5) is 12.3. The summed E-state index contributed by atoms with van der Waals surface area (Å²) in [6, 6.07) is 13.0. The minimum absolute atomic E-state index is 0.000720. The summed E-state index contributed by atoms with van der Waals surface area (Å²) in [5.74, 6) is -0.220. The zero-order valence-electron chi connectivity index (χ0n) is 13.9. The van der Waals surface area contributed by atoms with Gasteiger partial charge in [-0.15, -0.1) is 0 Å². The molecule has 0 bridgehead atoms. The highest BCUT2D eigenvalue weighted by Gasteiger charge is 2.18. The van der Waals surface area contributed by atoms with Crippen LogP contribution >= 0.6 is 15.9 Å². The number of benzene rings is 2. The predicted octanol–water partition coefficient (Wildman–Crippen LogP) is 2.77. The summed E-state index contributed by atoms with van der Waals surface area (Å²) in [6.07, 6.45) is 0. The van der Waals surface area contributed by atoms with Crippen molar-refractivity contribution in [2.24, 2.45) is 5.14 Å². The molecule has 0 aromatic heterocycles. The molecule has 0 saturated heterocycles. The van der Waals surface area contributed by atoms with Crippen LogP contribution < -0.4 is 15.8 Å². The number of anilines is 1. The van der Waals surface area contributed by atoms with E-state index < -0.39 is 16.1 Å². The van der Waals surface area contributed by atoms with Crippen molar-refractivity contribution in [1.82, 2.24) is 5.32 Å². The van der Waals surface area contributed by atoms with Crippen LogP contribution in [0.15, 0.2) is 57.9 Å². The minimum Gasteiger partial charge on any atom is -0.325 e. The van der Waals surface area contributed by atoms with E-state index in [1.807, 2.05) is 31.2 Å². The number of hydrogen-bond donors (Lipinski definition) is 3. The molecule has 0 unspecified atom stereocenters. The fraction of sp³-hybridized carbons (Fsp3) is 0.235. The topological polar surface area (TPSA) is 101 Å². The highest BCUT2D eigenvalue weighted by atomic mass is 79.9. The van der Waals surface area contributed by atoms with E-state index in [9.17, 15) is 13.2 Å². The van der Waals surface area contributed by atoms with Gasteiger partial charge in [0, 0.05) is 16.2 Å². The van der Waals surface area contributed by atoms with Crippen molar-refractivity contribution >= 4 is 37.5 Å². The Morgan fingerprint density at radius 1 is 1.08 bits per heavy atom. The summed E-state index contributed by atoms with van der Waals surface area (Å²) in [7, 11) is -3.74. The van der Waals surface area contributed by atoms with Crippen LogP contribution in [0.2, 0.25) is 0 Å². The molecule has 0 spiro atoms. The second-order valence-electron chi connectivity index (χ2n) is 5.69. The standard InChI is InChI=1S/C17H20BrN3O3S/c1-11(15-5-3-4-6-16(15)18)20-12(2)17(22)21-13-7-9-14(10-8-13)25(19,23)24/h3-12,20H,1-2H3,(H,21,22)(H2,19,23,24)/t11-,12+/m1/s1. The molecular weight excluding hydrogens is 406 g/mol. The number of nitrogens with two attached hydrogens (primary N) is 1. The Labute approximate surface area is 156 Å². The molecule has 8 heteroatoms. The van der Waals surface area contributed by atoms with Crippen molar-refractivity contribution in [3.05, 3.63) is 58.6 Å². The van der Waals surface area contributed by atoms with Gasteiger partial charge in [-0.25, -0.2) is 13.6 Å². The lowest BCUT2D eigenvalue weighted by Gasteiger charge is -2.21. The Hall–Kier alpha value is -1.74. The van der Waals surface area contributed by atoms with Gasteiger partial charge in [0.05, 0.1) is 10.9 Å². The molecule has 0 heterocycles. The SMILES string of the molecule is C[C@H](N[C@H](C)c1ccccc1Br)C(=O)Nc1ccc(S(N)(=O)=O)cc1. The van der Waals surface area contributed by atoms with Gasteiger partial charge in [-0.3, -0.25) is 10.1 Å². The first-order valence-electron chi connectivity index (χ1n) is 7.62. The second-order valence-corrected chi connectivity index (χ2v) is 8.11. The van der Waals surface area contributed by atoms with Crippen LogP contribution in [0.25, 0.3) is 0 Å². The second kappa shape index (κ2) is 8.09. The van der Waals surface area contributed by atoms with Gasteiger partial charge in [-0.1, -0.05) is 34.1 Å². The number of amides is 1. The first-order chi connectivity index (χ1) is 11.7. The zero-order valence-corrected chi connectivity index (χ0v) is 16.3. The molecule has 2 aromatic carbocycles. The average molecular weight is 426 g/mol. The first-order valence-corrected chi connectivity index (χ1v) is 9.96. The van der Waals surface area contributed by atoms with Crippen LogP contribution in [-0.4, -0.2) is 20.4 Å². The third-order valence-electron chi connectivity index (χ3n) is 3.72. The monoisotopic (exact) mass is 425 g/mol. The maximum Gasteiger partial charge on any atom is 0.241 e. The fourth-order valence-corrected chi connectivity index (χ4v) is 3.49. The van der Waals surface area contributed by atoms with Crippen LogP contribution in [0, 0.1) is 0 Å². The smallest absolute Gasteiger partial charge is 0.241 e. The third kappa shape index (κ3) is 5.37. The molecule has 0 fully saturated rings. The van der Waals surface area contributed by atoms with Gasteiger partial charge in [0.1, 0.15) is 0 Å². The largest absolute Gasteiger partial charge is 0.325 e. The average Bonchev–Trinajstić information content (AvgIpc) is 2.54. The van der Waals surface area contributed by atoms with Crippen LogP contribution in [0.3, 0.4) is 0 Å². The maximum absolute atomic E-state index is 12.3. The lowest BCUT2D eigenvalue weighted by Crippen LogP contribution is -2.39. The molecule has 25 heavy (non-hydrogen) atoms. The Morgan fingerprint density at radius 3 is 2.24 bits per heavy atom. The van der Waals surface area contributed by atoms with E-state index in [2.05, 4.69) is 26.6 Å². The molecule has 0 aliphatic rings. The number of halogens is 1. The van der Waals surface area contributed by atoms with Crippen molar-refractivity contribution in [3.63, 3.8) is 0 Å². The Bertz CT molecular complexity index is 854. The van der Waals surface area contributed by atoms with E-state index in [1.165, 1.54) is 24.3 Å². The van der Waals surface area contributed by atoms with E-state index in [1.54, 1.807) is 6.92 Å². The number of carbonyl (C=O) groups is 1.